The Morgan fingerprint density at radius 3 is 2.45 bits per heavy atom. The van der Waals surface area contributed by atoms with Crippen LogP contribution in [0.25, 0.3) is 0 Å². The Morgan fingerprint density at radius 2 is 1.84 bits per heavy atom. The molecule has 1 unspecified atom stereocenters. The van der Waals surface area contributed by atoms with E-state index in [4.69, 9.17) is 4.74 Å². The van der Waals surface area contributed by atoms with Crippen LogP contribution in [0, 0.1) is 5.92 Å². The summed E-state index contributed by atoms with van der Waals surface area (Å²) in [7, 11) is 1.80. The number of nitrogens with zero attached hydrogens (tertiary/aromatic N) is 2. The molecule has 3 N–H and O–H groups in total. The SMILES string of the molecule is CCCCNC(=O)c1ccc(CNC(=NC)NCC(CC(C)C)N2CCOCC2)cc1. The molecule has 0 saturated carbocycles. The van der Waals surface area contributed by atoms with Gasteiger partial charge in [-0.3, -0.25) is 14.7 Å². The summed E-state index contributed by atoms with van der Waals surface area (Å²) in [5, 5.41) is 9.83. The maximum absolute atomic E-state index is 12.1. The number of amides is 1. The van der Waals surface area contributed by atoms with Crippen LogP contribution in [0.1, 0.15) is 56.0 Å². The van der Waals surface area contributed by atoms with Gasteiger partial charge in [0, 0.05) is 51.4 Å². The predicted molar refractivity (Wildman–Crippen MR) is 128 cm³/mol. The van der Waals surface area contributed by atoms with Crippen molar-refractivity contribution >= 4 is 11.9 Å². The normalized spacial score (nSPS) is 16.2. The van der Waals surface area contributed by atoms with E-state index in [0.29, 0.717) is 24.1 Å². The molecule has 174 valence electrons. The van der Waals surface area contributed by atoms with Gasteiger partial charge in [-0.05, 0) is 36.5 Å². The minimum Gasteiger partial charge on any atom is -0.379 e. The van der Waals surface area contributed by atoms with Crippen molar-refractivity contribution in [2.75, 3.05) is 46.4 Å². The molecule has 1 saturated heterocycles. The van der Waals surface area contributed by atoms with Crippen LogP contribution in [-0.2, 0) is 11.3 Å². The maximum atomic E-state index is 12.1. The van der Waals surface area contributed by atoms with Gasteiger partial charge in [0.15, 0.2) is 5.96 Å². The van der Waals surface area contributed by atoms with Crippen molar-refractivity contribution in [2.45, 2.75) is 52.6 Å². The van der Waals surface area contributed by atoms with E-state index in [0.717, 1.165) is 70.2 Å². The van der Waals surface area contributed by atoms with E-state index in [9.17, 15) is 4.79 Å². The lowest BCUT2D eigenvalue weighted by atomic mass is 10.0. The standard InChI is InChI=1S/C24H41N5O2/c1-5-6-11-26-23(30)21-9-7-20(8-10-21)17-27-24(25-4)28-18-22(16-19(2)3)29-12-14-31-15-13-29/h7-10,19,22H,5-6,11-18H2,1-4H3,(H,26,30)(H2,25,27,28). The largest absolute Gasteiger partial charge is 0.379 e. The lowest BCUT2D eigenvalue weighted by Gasteiger charge is -2.35. The van der Waals surface area contributed by atoms with Crippen molar-refractivity contribution in [1.29, 1.82) is 0 Å². The summed E-state index contributed by atoms with van der Waals surface area (Å²) in [6.45, 7) is 12.5. The van der Waals surface area contributed by atoms with Crippen LogP contribution in [0.5, 0.6) is 0 Å². The second kappa shape index (κ2) is 14.0. The Bertz CT molecular complexity index is 669. The van der Waals surface area contributed by atoms with Gasteiger partial charge in [-0.15, -0.1) is 0 Å². The number of carbonyl (C=O) groups excluding carboxylic acids is 1. The second-order valence-corrected chi connectivity index (χ2v) is 8.54. The van der Waals surface area contributed by atoms with Crippen molar-refractivity contribution in [3.63, 3.8) is 0 Å². The van der Waals surface area contributed by atoms with Gasteiger partial charge >= 0.3 is 0 Å². The molecule has 0 aliphatic carbocycles. The van der Waals surface area contributed by atoms with Gasteiger partial charge in [0.2, 0.25) is 0 Å². The lowest BCUT2D eigenvalue weighted by molar-refractivity contribution is 0.0132. The van der Waals surface area contributed by atoms with Gasteiger partial charge in [-0.1, -0.05) is 39.3 Å². The fraction of sp³-hybridized carbons (Fsp3) is 0.667. The van der Waals surface area contributed by atoms with E-state index in [-0.39, 0.29) is 5.91 Å². The van der Waals surface area contributed by atoms with Gasteiger partial charge in [0.05, 0.1) is 13.2 Å². The Labute approximate surface area is 188 Å². The molecule has 0 aromatic heterocycles. The summed E-state index contributed by atoms with van der Waals surface area (Å²) < 4.78 is 5.51. The zero-order valence-electron chi connectivity index (χ0n) is 19.7. The number of hydrogen-bond donors (Lipinski definition) is 3. The third kappa shape index (κ3) is 9.27. The summed E-state index contributed by atoms with van der Waals surface area (Å²) in [6, 6.07) is 8.21. The highest BCUT2D eigenvalue weighted by molar-refractivity contribution is 5.94. The van der Waals surface area contributed by atoms with E-state index in [1.165, 1.54) is 0 Å². The number of rotatable bonds is 11. The van der Waals surface area contributed by atoms with Crippen molar-refractivity contribution < 1.29 is 9.53 Å². The van der Waals surface area contributed by atoms with E-state index < -0.39 is 0 Å². The number of aliphatic imine (C=N–C) groups is 1. The van der Waals surface area contributed by atoms with Crippen LogP contribution in [0.2, 0.25) is 0 Å². The van der Waals surface area contributed by atoms with Crippen molar-refractivity contribution in [3.8, 4) is 0 Å². The molecule has 0 bridgehead atoms. The molecular weight excluding hydrogens is 390 g/mol. The van der Waals surface area contributed by atoms with E-state index >= 15 is 0 Å². The number of nitrogens with one attached hydrogen (secondary N) is 3. The van der Waals surface area contributed by atoms with Crippen LogP contribution in [-0.4, -0.2) is 69.2 Å². The van der Waals surface area contributed by atoms with Crippen LogP contribution >= 0.6 is 0 Å². The summed E-state index contributed by atoms with van der Waals surface area (Å²) >= 11 is 0. The minimum absolute atomic E-state index is 0.00950. The number of guanidine groups is 1. The molecule has 0 spiro atoms. The monoisotopic (exact) mass is 431 g/mol. The van der Waals surface area contributed by atoms with E-state index in [2.05, 4.69) is 46.6 Å². The highest BCUT2D eigenvalue weighted by Gasteiger charge is 2.22. The van der Waals surface area contributed by atoms with Crippen molar-refractivity contribution in [2.24, 2.45) is 10.9 Å². The fourth-order valence-corrected chi connectivity index (χ4v) is 3.72. The summed E-state index contributed by atoms with van der Waals surface area (Å²) in [5.74, 6) is 1.43. The second-order valence-electron chi connectivity index (χ2n) is 8.54. The molecule has 2 rings (SSSR count). The highest BCUT2D eigenvalue weighted by Crippen LogP contribution is 2.13. The molecule has 1 amide bonds. The summed E-state index contributed by atoms with van der Waals surface area (Å²) in [4.78, 5) is 19.0. The van der Waals surface area contributed by atoms with Crippen molar-refractivity contribution in [3.05, 3.63) is 35.4 Å². The number of benzene rings is 1. The molecule has 1 atom stereocenters. The average Bonchev–Trinajstić information content (AvgIpc) is 2.79. The summed E-state index contributed by atoms with van der Waals surface area (Å²) in [6.07, 6.45) is 3.22. The van der Waals surface area contributed by atoms with Gasteiger partial charge < -0.3 is 20.7 Å². The average molecular weight is 432 g/mol. The first-order chi connectivity index (χ1) is 15.0. The van der Waals surface area contributed by atoms with Crippen LogP contribution in [0.15, 0.2) is 29.3 Å². The summed E-state index contributed by atoms with van der Waals surface area (Å²) in [5.41, 5.74) is 1.81. The number of unbranched alkanes of at least 4 members (excludes halogenated alkanes) is 1. The molecule has 1 fully saturated rings. The van der Waals surface area contributed by atoms with E-state index in [1.54, 1.807) is 7.05 Å². The molecule has 1 aliphatic rings. The Hall–Kier alpha value is -2.12. The fourth-order valence-electron chi connectivity index (χ4n) is 3.72. The van der Waals surface area contributed by atoms with Crippen molar-refractivity contribution in [1.82, 2.24) is 20.9 Å². The molecule has 1 aromatic carbocycles. The van der Waals surface area contributed by atoms with E-state index in [1.807, 2.05) is 24.3 Å². The first kappa shape index (κ1) is 25.1. The van der Waals surface area contributed by atoms with Gasteiger partial charge in [-0.25, -0.2) is 0 Å². The molecule has 1 aliphatic heterocycles. The van der Waals surface area contributed by atoms with Crippen LogP contribution in [0.4, 0.5) is 0 Å². The molecule has 1 aromatic rings. The number of morpholine rings is 1. The van der Waals surface area contributed by atoms with Crippen LogP contribution < -0.4 is 16.0 Å². The van der Waals surface area contributed by atoms with Gasteiger partial charge in [0.25, 0.3) is 5.91 Å². The molecule has 1 heterocycles. The predicted octanol–water partition coefficient (Wildman–Crippen LogP) is 2.63. The Morgan fingerprint density at radius 1 is 1.13 bits per heavy atom. The third-order valence-corrected chi connectivity index (χ3v) is 5.53. The molecular formula is C24H41N5O2. The lowest BCUT2D eigenvalue weighted by Crippen LogP contribution is -2.50. The topological polar surface area (TPSA) is 78.0 Å². The molecule has 7 heteroatoms. The van der Waals surface area contributed by atoms with Gasteiger partial charge in [0.1, 0.15) is 0 Å². The Kier molecular flexibility index (Phi) is 11.4. The number of carbonyl (C=O) groups is 1. The third-order valence-electron chi connectivity index (χ3n) is 5.53. The zero-order chi connectivity index (χ0) is 22.5. The molecule has 7 nitrogen and oxygen atoms in total. The minimum atomic E-state index is -0.00950. The quantitative estimate of drug-likeness (QED) is 0.285. The van der Waals surface area contributed by atoms with Gasteiger partial charge in [-0.2, -0.15) is 0 Å². The zero-order valence-corrected chi connectivity index (χ0v) is 19.7. The highest BCUT2D eigenvalue weighted by atomic mass is 16.5. The molecule has 31 heavy (non-hydrogen) atoms. The number of hydrogen-bond acceptors (Lipinski definition) is 4. The van der Waals surface area contributed by atoms with Crippen LogP contribution in [0.3, 0.4) is 0 Å². The maximum Gasteiger partial charge on any atom is 0.251 e. The first-order valence-corrected chi connectivity index (χ1v) is 11.7. The first-order valence-electron chi connectivity index (χ1n) is 11.7. The number of ether oxygens (including phenoxy) is 1. The smallest absolute Gasteiger partial charge is 0.251 e. The molecule has 0 radical (unpaired) electrons. The Balaban J connectivity index is 1.82.